The number of aliphatic carboxylic acids is 1. The van der Waals surface area contributed by atoms with Gasteiger partial charge in [0.2, 0.25) is 5.91 Å². The van der Waals surface area contributed by atoms with Crippen LogP contribution in [0.25, 0.3) is 0 Å². The van der Waals surface area contributed by atoms with Crippen LogP contribution in [0, 0.1) is 5.92 Å². The quantitative estimate of drug-likeness (QED) is 0.617. The normalized spacial score (nSPS) is 20.4. The first-order valence-corrected chi connectivity index (χ1v) is 6.22. The summed E-state index contributed by atoms with van der Waals surface area (Å²) in [5.41, 5.74) is 4.57. The zero-order chi connectivity index (χ0) is 13.1. The molecule has 5 nitrogen and oxygen atoms in total. The number of amides is 1. The molecule has 1 aliphatic carbocycles. The van der Waals surface area contributed by atoms with Crippen LogP contribution in [0.3, 0.4) is 0 Å². The van der Waals surface area contributed by atoms with Crippen LogP contribution in [-0.2, 0) is 9.59 Å². The first-order chi connectivity index (χ1) is 7.91. The Balaban J connectivity index is 2.55. The van der Waals surface area contributed by atoms with E-state index in [0.717, 1.165) is 25.7 Å². The molecule has 1 amide bonds. The third-order valence-corrected chi connectivity index (χ3v) is 3.43. The van der Waals surface area contributed by atoms with E-state index < -0.39 is 17.6 Å². The van der Waals surface area contributed by atoms with Gasteiger partial charge in [-0.1, -0.05) is 19.8 Å². The lowest BCUT2D eigenvalue weighted by molar-refractivity contribution is -0.148. The van der Waals surface area contributed by atoms with E-state index in [1.165, 1.54) is 0 Å². The molecule has 1 aliphatic rings. The monoisotopic (exact) mass is 242 g/mol. The smallest absolute Gasteiger partial charge is 0.329 e. The molecule has 0 bridgehead atoms. The van der Waals surface area contributed by atoms with Gasteiger partial charge in [0.25, 0.3) is 0 Å². The second kappa shape index (κ2) is 5.49. The van der Waals surface area contributed by atoms with E-state index in [1.54, 1.807) is 6.92 Å². The van der Waals surface area contributed by atoms with Gasteiger partial charge in [0.15, 0.2) is 0 Å². The number of hydrogen-bond acceptors (Lipinski definition) is 3. The van der Waals surface area contributed by atoms with E-state index in [2.05, 4.69) is 5.32 Å². The zero-order valence-electron chi connectivity index (χ0n) is 10.5. The van der Waals surface area contributed by atoms with Gasteiger partial charge in [-0.05, 0) is 32.1 Å². The Morgan fingerprint density at radius 1 is 1.53 bits per heavy atom. The Morgan fingerprint density at radius 2 is 2.12 bits per heavy atom. The first-order valence-electron chi connectivity index (χ1n) is 6.22. The molecule has 5 heteroatoms. The van der Waals surface area contributed by atoms with E-state index in [4.69, 9.17) is 5.73 Å². The fraction of sp³-hybridized carbons (Fsp3) is 0.833. The predicted molar refractivity (Wildman–Crippen MR) is 64.4 cm³/mol. The summed E-state index contributed by atoms with van der Waals surface area (Å²) in [7, 11) is 0. The second-order valence-electron chi connectivity index (χ2n) is 5.02. The molecule has 0 spiro atoms. The number of hydrogen-bond donors (Lipinski definition) is 3. The van der Waals surface area contributed by atoms with Crippen LogP contribution in [0.4, 0.5) is 0 Å². The molecule has 0 aliphatic heterocycles. The van der Waals surface area contributed by atoms with Crippen molar-refractivity contribution in [2.75, 3.05) is 0 Å². The zero-order valence-corrected chi connectivity index (χ0v) is 10.5. The number of unbranched alkanes of at least 4 members (excludes halogenated alkanes) is 1. The van der Waals surface area contributed by atoms with Gasteiger partial charge in [-0.3, -0.25) is 4.79 Å². The predicted octanol–water partition coefficient (Wildman–Crippen LogP) is 0.873. The number of nitrogens with two attached hydrogens (primary N) is 1. The number of carbonyl (C=O) groups is 2. The highest BCUT2D eigenvalue weighted by Gasteiger charge is 2.48. The topological polar surface area (TPSA) is 92.4 Å². The standard InChI is InChI=1S/C12H22N2O3/c1-3-4-5-9(13)10(15)14-12(2,11(16)17)8-6-7-8/h8-9H,3-7,13H2,1-2H3,(H,14,15)(H,16,17). The Labute approximate surface area is 102 Å². The van der Waals surface area contributed by atoms with Crippen molar-refractivity contribution in [3.8, 4) is 0 Å². The average Bonchev–Trinajstić information content (AvgIpc) is 3.09. The lowest BCUT2D eigenvalue weighted by Gasteiger charge is -2.27. The van der Waals surface area contributed by atoms with Crippen LogP contribution in [0.5, 0.6) is 0 Å². The number of nitrogens with one attached hydrogen (secondary N) is 1. The highest BCUT2D eigenvalue weighted by atomic mass is 16.4. The Kier molecular flexibility index (Phi) is 4.51. The summed E-state index contributed by atoms with van der Waals surface area (Å²) >= 11 is 0. The largest absolute Gasteiger partial charge is 0.480 e. The summed E-state index contributed by atoms with van der Waals surface area (Å²) < 4.78 is 0. The van der Waals surface area contributed by atoms with Gasteiger partial charge in [0.05, 0.1) is 6.04 Å². The molecule has 2 atom stereocenters. The van der Waals surface area contributed by atoms with Gasteiger partial charge in [0.1, 0.15) is 5.54 Å². The summed E-state index contributed by atoms with van der Waals surface area (Å²) in [5.74, 6) is -1.28. The van der Waals surface area contributed by atoms with Crippen LogP contribution in [0.1, 0.15) is 46.0 Å². The fourth-order valence-corrected chi connectivity index (χ4v) is 1.89. The van der Waals surface area contributed by atoms with Gasteiger partial charge in [-0.15, -0.1) is 0 Å². The van der Waals surface area contributed by atoms with Crippen LogP contribution >= 0.6 is 0 Å². The highest BCUT2D eigenvalue weighted by molar-refractivity contribution is 5.89. The van der Waals surface area contributed by atoms with Crippen molar-refractivity contribution < 1.29 is 14.7 Å². The van der Waals surface area contributed by atoms with E-state index >= 15 is 0 Å². The van der Waals surface area contributed by atoms with E-state index in [1.807, 2.05) is 6.92 Å². The number of carbonyl (C=O) groups excluding carboxylic acids is 1. The van der Waals surface area contributed by atoms with Crippen molar-refractivity contribution in [3.05, 3.63) is 0 Å². The maximum Gasteiger partial charge on any atom is 0.329 e. The summed E-state index contributed by atoms with van der Waals surface area (Å²) in [6.07, 6.45) is 4.16. The Morgan fingerprint density at radius 3 is 2.53 bits per heavy atom. The van der Waals surface area contributed by atoms with Crippen molar-refractivity contribution in [1.29, 1.82) is 0 Å². The van der Waals surface area contributed by atoms with Gasteiger partial charge in [-0.2, -0.15) is 0 Å². The van der Waals surface area contributed by atoms with Crippen molar-refractivity contribution >= 4 is 11.9 Å². The minimum absolute atomic E-state index is 0.0438. The van der Waals surface area contributed by atoms with Crippen molar-refractivity contribution in [3.63, 3.8) is 0 Å². The van der Waals surface area contributed by atoms with Crippen LogP contribution in [0.2, 0.25) is 0 Å². The van der Waals surface area contributed by atoms with Crippen molar-refractivity contribution in [2.24, 2.45) is 11.7 Å². The maximum atomic E-state index is 11.8. The molecule has 4 N–H and O–H groups in total. The van der Waals surface area contributed by atoms with Crippen molar-refractivity contribution in [2.45, 2.75) is 57.5 Å². The Hall–Kier alpha value is -1.10. The minimum atomic E-state index is -1.15. The van der Waals surface area contributed by atoms with Crippen LogP contribution in [0.15, 0.2) is 0 Å². The highest BCUT2D eigenvalue weighted by Crippen LogP contribution is 2.39. The molecule has 0 saturated heterocycles. The fourth-order valence-electron chi connectivity index (χ4n) is 1.89. The SMILES string of the molecule is CCCCC(N)C(=O)NC(C)(C(=O)O)C1CC1. The molecule has 17 heavy (non-hydrogen) atoms. The number of carboxylic acid groups (broad SMARTS) is 1. The molecule has 1 fully saturated rings. The molecule has 2 unspecified atom stereocenters. The molecule has 1 rings (SSSR count). The summed E-state index contributed by atoms with van der Waals surface area (Å²) in [5, 5.41) is 11.8. The lowest BCUT2D eigenvalue weighted by atomic mass is 9.95. The lowest BCUT2D eigenvalue weighted by Crippen LogP contribution is -2.57. The summed E-state index contributed by atoms with van der Waals surface area (Å²) in [6, 6.07) is -0.604. The van der Waals surface area contributed by atoms with Crippen LogP contribution < -0.4 is 11.1 Å². The van der Waals surface area contributed by atoms with Crippen molar-refractivity contribution in [1.82, 2.24) is 5.32 Å². The molecule has 0 aromatic rings. The van der Waals surface area contributed by atoms with E-state index in [9.17, 15) is 14.7 Å². The number of rotatable bonds is 7. The average molecular weight is 242 g/mol. The van der Waals surface area contributed by atoms with Gasteiger partial charge in [0, 0.05) is 0 Å². The molecule has 0 aromatic carbocycles. The van der Waals surface area contributed by atoms with E-state index in [-0.39, 0.29) is 11.8 Å². The molecular formula is C12H22N2O3. The Bertz CT molecular complexity index is 302. The molecule has 0 heterocycles. The molecule has 1 saturated carbocycles. The first kappa shape index (κ1) is 14.0. The second-order valence-corrected chi connectivity index (χ2v) is 5.02. The number of carboxylic acids is 1. The minimum Gasteiger partial charge on any atom is -0.480 e. The summed E-state index contributed by atoms with van der Waals surface area (Å²) in [6.45, 7) is 3.59. The van der Waals surface area contributed by atoms with Crippen LogP contribution in [-0.4, -0.2) is 28.6 Å². The molecular weight excluding hydrogens is 220 g/mol. The molecule has 0 aromatic heterocycles. The molecule has 98 valence electrons. The third-order valence-electron chi connectivity index (χ3n) is 3.43. The summed E-state index contributed by atoms with van der Waals surface area (Å²) in [4.78, 5) is 23.0. The third kappa shape index (κ3) is 3.43. The van der Waals surface area contributed by atoms with Gasteiger partial charge < -0.3 is 16.2 Å². The maximum absolute atomic E-state index is 11.8. The van der Waals surface area contributed by atoms with Gasteiger partial charge in [-0.25, -0.2) is 4.79 Å². The molecule has 0 radical (unpaired) electrons. The van der Waals surface area contributed by atoms with Gasteiger partial charge >= 0.3 is 5.97 Å². The van der Waals surface area contributed by atoms with E-state index in [0.29, 0.717) is 6.42 Å².